The second-order valence-corrected chi connectivity index (χ2v) is 11.5. The smallest absolute Gasteiger partial charge is 0.256 e. The van der Waals surface area contributed by atoms with E-state index in [2.05, 4.69) is 52.2 Å². The summed E-state index contributed by atoms with van der Waals surface area (Å²) in [5.74, 6) is 0.383. The standard InChI is InChI=1S/C24H32N2O2S/c1-23(2,3)15-11-13(12-16(19(15)27)24(4,5)6)20-25-21(28)18-14-9-7-8-10-17(14)29-22(18)26-20/h11-12,20,26-27H,7-10H2,1-6H3,(H,25,28). The van der Waals surface area contributed by atoms with Gasteiger partial charge in [-0.2, -0.15) is 0 Å². The molecule has 0 saturated heterocycles. The Morgan fingerprint density at radius 3 is 2.14 bits per heavy atom. The monoisotopic (exact) mass is 412 g/mol. The fourth-order valence-corrected chi connectivity index (χ4v) is 5.73. The Hall–Kier alpha value is -2.01. The minimum atomic E-state index is -0.294. The van der Waals surface area contributed by atoms with E-state index in [1.165, 1.54) is 16.9 Å². The van der Waals surface area contributed by atoms with Gasteiger partial charge in [-0.15, -0.1) is 11.3 Å². The molecule has 3 N–H and O–H groups in total. The van der Waals surface area contributed by atoms with Crippen molar-refractivity contribution in [2.75, 3.05) is 5.32 Å². The summed E-state index contributed by atoms with van der Waals surface area (Å²) in [7, 11) is 0. The van der Waals surface area contributed by atoms with Crippen LogP contribution in [0.3, 0.4) is 0 Å². The van der Waals surface area contributed by atoms with Crippen LogP contribution >= 0.6 is 11.3 Å². The third-order valence-corrected chi connectivity index (χ3v) is 7.25. The highest BCUT2D eigenvalue weighted by atomic mass is 32.1. The molecule has 1 amide bonds. The van der Waals surface area contributed by atoms with Gasteiger partial charge in [0.05, 0.1) is 5.56 Å². The van der Waals surface area contributed by atoms with Gasteiger partial charge in [-0.1, -0.05) is 41.5 Å². The quantitative estimate of drug-likeness (QED) is 0.556. The molecule has 1 aliphatic heterocycles. The average molecular weight is 413 g/mol. The molecule has 2 aliphatic rings. The summed E-state index contributed by atoms with van der Waals surface area (Å²) in [6.45, 7) is 12.6. The first kappa shape index (κ1) is 20.3. The van der Waals surface area contributed by atoms with Crippen LogP contribution in [-0.4, -0.2) is 11.0 Å². The van der Waals surface area contributed by atoms with Gasteiger partial charge in [0.2, 0.25) is 0 Å². The van der Waals surface area contributed by atoms with Crippen LogP contribution in [0.25, 0.3) is 0 Å². The van der Waals surface area contributed by atoms with Crippen molar-refractivity contribution in [1.82, 2.24) is 5.32 Å². The number of phenolic OH excluding ortho intramolecular Hbond substituents is 1. The molecule has 0 spiro atoms. The second-order valence-electron chi connectivity index (χ2n) is 10.4. The van der Waals surface area contributed by atoms with Gasteiger partial charge in [0, 0.05) is 4.88 Å². The number of carbonyl (C=O) groups excluding carboxylic acids is 1. The Labute approximate surface area is 177 Å². The summed E-state index contributed by atoms with van der Waals surface area (Å²) in [6.07, 6.45) is 4.16. The minimum Gasteiger partial charge on any atom is -0.507 e. The van der Waals surface area contributed by atoms with Crippen LogP contribution in [0.15, 0.2) is 12.1 Å². The maximum absolute atomic E-state index is 13.0. The SMILES string of the molecule is CC(C)(C)c1cc(C2NC(=O)c3c(sc4c3CCCC4)N2)cc(C(C)(C)C)c1O. The summed E-state index contributed by atoms with van der Waals surface area (Å²) >= 11 is 1.74. The molecule has 0 radical (unpaired) electrons. The van der Waals surface area contributed by atoms with Crippen molar-refractivity contribution in [2.24, 2.45) is 0 Å². The molecule has 1 aliphatic carbocycles. The van der Waals surface area contributed by atoms with Gasteiger partial charge in [-0.05, 0) is 70.9 Å². The highest BCUT2D eigenvalue weighted by Crippen LogP contribution is 2.44. The highest BCUT2D eigenvalue weighted by Gasteiger charge is 2.34. The minimum absolute atomic E-state index is 0.0193. The average Bonchev–Trinajstić information content (AvgIpc) is 2.98. The lowest BCUT2D eigenvalue weighted by Crippen LogP contribution is -2.38. The summed E-state index contributed by atoms with van der Waals surface area (Å²) in [5.41, 5.74) is 4.50. The number of carbonyl (C=O) groups is 1. The fraction of sp³-hybridized carbons (Fsp3) is 0.542. The van der Waals surface area contributed by atoms with E-state index in [0.29, 0.717) is 5.75 Å². The molecule has 0 bridgehead atoms. The predicted molar refractivity (Wildman–Crippen MR) is 120 cm³/mol. The van der Waals surface area contributed by atoms with E-state index in [4.69, 9.17) is 0 Å². The number of fused-ring (bicyclic) bond motifs is 3. The number of phenols is 1. The zero-order valence-electron chi connectivity index (χ0n) is 18.3. The van der Waals surface area contributed by atoms with Crippen molar-refractivity contribution < 1.29 is 9.90 Å². The van der Waals surface area contributed by atoms with Crippen LogP contribution in [0, 0.1) is 0 Å². The number of amides is 1. The van der Waals surface area contributed by atoms with E-state index in [1.54, 1.807) is 11.3 Å². The first-order valence-corrected chi connectivity index (χ1v) is 11.4. The van der Waals surface area contributed by atoms with Crippen LogP contribution in [0.2, 0.25) is 0 Å². The Kier molecular flexibility index (Phi) is 4.73. The van der Waals surface area contributed by atoms with Gasteiger partial charge in [-0.3, -0.25) is 4.79 Å². The number of aromatic hydroxyl groups is 1. The van der Waals surface area contributed by atoms with Crippen LogP contribution in [-0.2, 0) is 23.7 Å². The molecule has 156 valence electrons. The Bertz CT molecular complexity index is 941. The topological polar surface area (TPSA) is 61.4 Å². The first-order chi connectivity index (χ1) is 13.5. The van der Waals surface area contributed by atoms with Crippen LogP contribution in [0.4, 0.5) is 5.00 Å². The van der Waals surface area contributed by atoms with E-state index < -0.39 is 0 Å². The van der Waals surface area contributed by atoms with Gasteiger partial charge >= 0.3 is 0 Å². The molecular weight excluding hydrogens is 380 g/mol. The Morgan fingerprint density at radius 2 is 1.55 bits per heavy atom. The highest BCUT2D eigenvalue weighted by molar-refractivity contribution is 7.16. The molecule has 2 aromatic rings. The van der Waals surface area contributed by atoms with E-state index in [0.717, 1.165) is 46.5 Å². The molecular formula is C24H32N2O2S. The molecule has 4 rings (SSSR count). The number of rotatable bonds is 1. The number of aryl methyl sites for hydroxylation is 1. The molecule has 29 heavy (non-hydrogen) atoms. The van der Waals surface area contributed by atoms with Crippen molar-refractivity contribution >= 4 is 22.2 Å². The van der Waals surface area contributed by atoms with Crippen LogP contribution < -0.4 is 10.6 Å². The third kappa shape index (κ3) is 3.54. The van der Waals surface area contributed by atoms with Crippen molar-refractivity contribution in [3.05, 3.63) is 44.8 Å². The number of benzene rings is 1. The lowest BCUT2D eigenvalue weighted by atomic mass is 9.78. The van der Waals surface area contributed by atoms with E-state index in [1.807, 2.05) is 12.1 Å². The maximum atomic E-state index is 13.0. The number of anilines is 1. The van der Waals surface area contributed by atoms with Crippen molar-refractivity contribution in [3.8, 4) is 5.75 Å². The van der Waals surface area contributed by atoms with Gasteiger partial charge in [0.25, 0.3) is 5.91 Å². The summed E-state index contributed by atoms with van der Waals surface area (Å²) in [6, 6.07) is 4.09. The molecule has 1 atom stereocenters. The molecule has 2 heterocycles. The summed E-state index contributed by atoms with van der Waals surface area (Å²) in [5, 5.41) is 18.8. The summed E-state index contributed by atoms with van der Waals surface area (Å²) < 4.78 is 0. The first-order valence-electron chi connectivity index (χ1n) is 10.6. The van der Waals surface area contributed by atoms with E-state index in [-0.39, 0.29) is 22.9 Å². The molecule has 1 aromatic heterocycles. The molecule has 4 nitrogen and oxygen atoms in total. The molecule has 1 aromatic carbocycles. The Morgan fingerprint density at radius 1 is 0.966 bits per heavy atom. The van der Waals surface area contributed by atoms with Crippen molar-refractivity contribution in [2.45, 2.75) is 84.2 Å². The zero-order valence-corrected chi connectivity index (χ0v) is 19.1. The van der Waals surface area contributed by atoms with Gasteiger partial charge < -0.3 is 15.7 Å². The number of hydrogen-bond donors (Lipinski definition) is 3. The largest absolute Gasteiger partial charge is 0.507 e. The molecule has 0 saturated carbocycles. The van der Waals surface area contributed by atoms with E-state index in [9.17, 15) is 9.90 Å². The number of hydrogen-bond acceptors (Lipinski definition) is 4. The normalized spacial score (nSPS) is 19.2. The van der Waals surface area contributed by atoms with Crippen LogP contribution in [0.1, 0.15) is 98.0 Å². The van der Waals surface area contributed by atoms with Gasteiger partial charge in [0.15, 0.2) is 0 Å². The number of thiophene rings is 1. The predicted octanol–water partition coefficient (Wildman–Crippen LogP) is 5.78. The van der Waals surface area contributed by atoms with E-state index >= 15 is 0 Å². The number of nitrogens with one attached hydrogen (secondary N) is 2. The molecule has 0 fully saturated rings. The van der Waals surface area contributed by atoms with Crippen molar-refractivity contribution in [1.29, 1.82) is 0 Å². The fourth-order valence-electron chi connectivity index (χ4n) is 4.41. The Balaban J connectivity index is 1.79. The van der Waals surface area contributed by atoms with Gasteiger partial charge in [-0.25, -0.2) is 0 Å². The van der Waals surface area contributed by atoms with Crippen LogP contribution in [0.5, 0.6) is 5.75 Å². The maximum Gasteiger partial charge on any atom is 0.256 e. The lowest BCUT2D eigenvalue weighted by molar-refractivity contribution is 0.0935. The third-order valence-electron chi connectivity index (χ3n) is 6.03. The summed E-state index contributed by atoms with van der Waals surface area (Å²) in [4.78, 5) is 14.4. The molecule has 5 heteroatoms. The zero-order chi connectivity index (χ0) is 21.1. The molecule has 1 unspecified atom stereocenters. The van der Waals surface area contributed by atoms with Gasteiger partial charge in [0.1, 0.15) is 16.9 Å². The van der Waals surface area contributed by atoms with Crippen molar-refractivity contribution in [3.63, 3.8) is 0 Å². The second kappa shape index (κ2) is 6.76. The lowest BCUT2D eigenvalue weighted by Gasteiger charge is -2.32.